The molecule has 11 heteroatoms. The minimum absolute atomic E-state index is 0.201. The van der Waals surface area contributed by atoms with Crippen LogP contribution in [0.15, 0.2) is 34.6 Å². The lowest BCUT2D eigenvalue weighted by Gasteiger charge is -2.18. The molecular formula is C15H15ClN4O4S2. The average Bonchev–Trinajstić information content (AvgIpc) is 2.60. The molecule has 26 heavy (non-hydrogen) atoms. The number of rotatable bonds is 9. The maximum absolute atomic E-state index is 10.8. The number of hydrogen-bond acceptors (Lipinski definition) is 8. The number of aromatic nitrogens is 3. The standard InChI is InChI=1S/C15H15ClN4O4S2/c1-20(6-9-2-4-10(16)5-3-9)13-17-14(25-7-11(21)22)19-15(18-13)26-8-12(23)24/h2-5H,6-8H2,1H3,(H,21,22)(H,23,24). The fourth-order valence-electron chi connectivity index (χ4n) is 1.81. The third kappa shape index (κ3) is 6.70. The Morgan fingerprint density at radius 2 is 1.50 bits per heavy atom. The molecule has 0 saturated heterocycles. The fourth-order valence-corrected chi connectivity index (χ4v) is 3.10. The summed E-state index contributed by atoms with van der Waals surface area (Å²) in [5.74, 6) is -2.06. The van der Waals surface area contributed by atoms with Crippen LogP contribution in [0.4, 0.5) is 5.95 Å². The Morgan fingerprint density at radius 1 is 1.00 bits per heavy atom. The molecule has 2 rings (SSSR count). The highest BCUT2D eigenvalue weighted by Crippen LogP contribution is 2.22. The molecule has 8 nitrogen and oxygen atoms in total. The van der Waals surface area contributed by atoms with Crippen LogP contribution in [0.25, 0.3) is 0 Å². The van der Waals surface area contributed by atoms with E-state index in [9.17, 15) is 9.59 Å². The Bertz CT molecular complexity index is 755. The van der Waals surface area contributed by atoms with E-state index < -0.39 is 11.9 Å². The van der Waals surface area contributed by atoms with Crippen LogP contribution in [0.3, 0.4) is 0 Å². The van der Waals surface area contributed by atoms with Crippen molar-refractivity contribution < 1.29 is 19.8 Å². The molecule has 0 aliphatic rings. The Kier molecular flexibility index (Phi) is 7.49. The summed E-state index contributed by atoms with van der Waals surface area (Å²) in [6.45, 7) is 0.493. The van der Waals surface area contributed by atoms with E-state index in [1.807, 2.05) is 12.1 Å². The zero-order chi connectivity index (χ0) is 19.1. The Morgan fingerprint density at radius 3 is 1.96 bits per heavy atom. The predicted octanol–water partition coefficient (Wildman–Crippen LogP) is 2.51. The monoisotopic (exact) mass is 414 g/mol. The average molecular weight is 415 g/mol. The first kappa shape index (κ1) is 20.3. The van der Waals surface area contributed by atoms with Gasteiger partial charge in [0.25, 0.3) is 0 Å². The molecule has 0 aliphatic heterocycles. The first-order chi connectivity index (χ1) is 12.3. The van der Waals surface area contributed by atoms with E-state index in [-0.39, 0.29) is 21.8 Å². The number of aliphatic carboxylic acids is 2. The molecule has 0 fully saturated rings. The molecule has 138 valence electrons. The van der Waals surface area contributed by atoms with E-state index in [2.05, 4.69) is 15.0 Å². The smallest absolute Gasteiger partial charge is 0.313 e. The van der Waals surface area contributed by atoms with Crippen LogP contribution in [0, 0.1) is 0 Å². The van der Waals surface area contributed by atoms with E-state index in [1.165, 1.54) is 0 Å². The molecule has 0 spiro atoms. The van der Waals surface area contributed by atoms with Gasteiger partial charge in [-0.3, -0.25) is 9.59 Å². The quantitative estimate of drug-likeness (QED) is 0.592. The third-order valence-electron chi connectivity index (χ3n) is 2.91. The second-order valence-corrected chi connectivity index (χ2v) is 7.37. The maximum Gasteiger partial charge on any atom is 0.313 e. The molecular weight excluding hydrogens is 400 g/mol. The number of nitrogens with zero attached hydrogens (tertiary/aromatic N) is 4. The van der Waals surface area contributed by atoms with Crippen LogP contribution in [-0.2, 0) is 16.1 Å². The summed E-state index contributed by atoms with van der Waals surface area (Å²) in [5.41, 5.74) is 0.983. The van der Waals surface area contributed by atoms with Gasteiger partial charge in [-0.2, -0.15) is 15.0 Å². The summed E-state index contributed by atoms with van der Waals surface area (Å²) in [6.07, 6.45) is 0. The van der Waals surface area contributed by atoms with Gasteiger partial charge in [-0.15, -0.1) is 0 Å². The van der Waals surface area contributed by atoms with E-state index >= 15 is 0 Å². The van der Waals surface area contributed by atoms with Crippen molar-refractivity contribution in [1.82, 2.24) is 15.0 Å². The summed E-state index contributed by atoms with van der Waals surface area (Å²) in [7, 11) is 1.78. The molecule has 0 atom stereocenters. The second kappa shape index (κ2) is 9.60. The molecule has 2 aromatic rings. The van der Waals surface area contributed by atoms with Crippen molar-refractivity contribution in [2.24, 2.45) is 0 Å². The summed E-state index contributed by atoms with van der Waals surface area (Å²) in [6, 6.07) is 7.31. The van der Waals surface area contributed by atoms with Gasteiger partial charge in [0.1, 0.15) is 0 Å². The fraction of sp³-hybridized carbons (Fsp3) is 0.267. The first-order valence-corrected chi connectivity index (χ1v) is 9.59. The molecule has 0 bridgehead atoms. The molecule has 0 radical (unpaired) electrons. The normalized spacial score (nSPS) is 10.5. The summed E-state index contributed by atoms with van der Waals surface area (Å²) >= 11 is 7.78. The number of hydrogen-bond donors (Lipinski definition) is 2. The van der Waals surface area contributed by atoms with Gasteiger partial charge in [0.15, 0.2) is 10.3 Å². The van der Waals surface area contributed by atoms with Gasteiger partial charge in [-0.1, -0.05) is 47.3 Å². The number of halogens is 1. The minimum atomic E-state index is -0.994. The zero-order valence-electron chi connectivity index (χ0n) is 13.6. The Labute approximate surface area is 163 Å². The number of thioether (sulfide) groups is 2. The summed E-state index contributed by atoms with van der Waals surface area (Å²) in [5, 5.41) is 18.7. The van der Waals surface area contributed by atoms with Crippen molar-refractivity contribution in [2.45, 2.75) is 16.9 Å². The minimum Gasteiger partial charge on any atom is -0.481 e. The van der Waals surface area contributed by atoms with Crippen molar-refractivity contribution in [3.63, 3.8) is 0 Å². The first-order valence-electron chi connectivity index (χ1n) is 7.24. The molecule has 0 amide bonds. The van der Waals surface area contributed by atoms with Gasteiger partial charge in [-0.25, -0.2) is 0 Å². The van der Waals surface area contributed by atoms with Crippen LogP contribution in [0.1, 0.15) is 5.56 Å². The van der Waals surface area contributed by atoms with E-state index in [0.29, 0.717) is 17.5 Å². The van der Waals surface area contributed by atoms with Gasteiger partial charge in [-0.05, 0) is 17.7 Å². The van der Waals surface area contributed by atoms with Gasteiger partial charge in [0, 0.05) is 18.6 Å². The van der Waals surface area contributed by atoms with E-state index in [4.69, 9.17) is 21.8 Å². The third-order valence-corrected chi connectivity index (χ3v) is 4.82. The number of carboxylic acid groups (broad SMARTS) is 2. The van der Waals surface area contributed by atoms with Crippen molar-refractivity contribution in [3.05, 3.63) is 34.9 Å². The number of carbonyl (C=O) groups is 2. The molecule has 0 aliphatic carbocycles. The van der Waals surface area contributed by atoms with Crippen molar-refractivity contribution in [2.75, 3.05) is 23.5 Å². The molecule has 1 heterocycles. The largest absolute Gasteiger partial charge is 0.481 e. The number of benzene rings is 1. The van der Waals surface area contributed by atoms with Gasteiger partial charge >= 0.3 is 11.9 Å². The Hall–Kier alpha value is -2.04. The lowest BCUT2D eigenvalue weighted by Crippen LogP contribution is -2.20. The van der Waals surface area contributed by atoms with Gasteiger partial charge in [0.05, 0.1) is 11.5 Å². The van der Waals surface area contributed by atoms with E-state index in [1.54, 1.807) is 24.1 Å². The molecule has 1 aromatic carbocycles. The maximum atomic E-state index is 10.8. The SMILES string of the molecule is CN(Cc1ccc(Cl)cc1)c1nc(SCC(=O)O)nc(SCC(=O)O)n1. The van der Waals surface area contributed by atoms with E-state index in [0.717, 1.165) is 29.1 Å². The summed E-state index contributed by atoms with van der Waals surface area (Å²) < 4.78 is 0. The van der Waals surface area contributed by atoms with Crippen LogP contribution in [-0.4, -0.2) is 55.7 Å². The van der Waals surface area contributed by atoms with Gasteiger partial charge in [0.2, 0.25) is 5.95 Å². The number of anilines is 1. The van der Waals surface area contributed by atoms with Crippen LogP contribution in [0.5, 0.6) is 0 Å². The van der Waals surface area contributed by atoms with Crippen molar-refractivity contribution in [3.8, 4) is 0 Å². The van der Waals surface area contributed by atoms with Crippen LogP contribution >= 0.6 is 35.1 Å². The summed E-state index contributed by atoms with van der Waals surface area (Å²) in [4.78, 5) is 35.9. The lowest BCUT2D eigenvalue weighted by atomic mass is 10.2. The molecule has 1 aromatic heterocycles. The zero-order valence-corrected chi connectivity index (χ0v) is 16.0. The Balaban J connectivity index is 2.21. The van der Waals surface area contributed by atoms with Crippen molar-refractivity contribution in [1.29, 1.82) is 0 Å². The second-order valence-electron chi connectivity index (χ2n) is 5.05. The number of carboxylic acids is 2. The predicted molar refractivity (Wildman–Crippen MR) is 100 cm³/mol. The highest BCUT2D eigenvalue weighted by atomic mass is 35.5. The van der Waals surface area contributed by atoms with Gasteiger partial charge < -0.3 is 15.1 Å². The van der Waals surface area contributed by atoms with Crippen molar-refractivity contribution >= 4 is 53.0 Å². The topological polar surface area (TPSA) is 117 Å². The highest BCUT2D eigenvalue weighted by Gasteiger charge is 2.14. The molecule has 2 N–H and O–H groups in total. The lowest BCUT2D eigenvalue weighted by molar-refractivity contribution is -0.134. The molecule has 0 unspecified atom stereocenters. The highest BCUT2D eigenvalue weighted by molar-refractivity contribution is 8.00. The van der Waals surface area contributed by atoms with Crippen LogP contribution < -0.4 is 4.90 Å². The molecule has 0 saturated carbocycles. The van der Waals surface area contributed by atoms with Crippen LogP contribution in [0.2, 0.25) is 5.02 Å².